The van der Waals surface area contributed by atoms with E-state index in [1.54, 1.807) is 26.4 Å². The molecule has 0 saturated heterocycles. The highest BCUT2D eigenvalue weighted by Gasteiger charge is 2.42. The third-order valence-electron chi connectivity index (χ3n) is 6.04. The minimum Gasteiger partial charge on any atom is -0.497 e. The van der Waals surface area contributed by atoms with Crippen molar-refractivity contribution < 1.29 is 23.7 Å². The van der Waals surface area contributed by atoms with E-state index in [0.717, 1.165) is 40.3 Å². The van der Waals surface area contributed by atoms with Gasteiger partial charge in [-0.2, -0.15) is 5.10 Å². The molecule has 3 aromatic rings. The number of nitrogens with zero attached hydrogens (tertiary/aromatic N) is 2. The van der Waals surface area contributed by atoms with Gasteiger partial charge in [-0.3, -0.25) is 0 Å². The molecule has 3 aromatic carbocycles. The maximum Gasteiger partial charge on any atom is 0.337 e. The molecule has 33 heavy (non-hydrogen) atoms. The Morgan fingerprint density at radius 2 is 1.73 bits per heavy atom. The van der Waals surface area contributed by atoms with Gasteiger partial charge in [-0.25, -0.2) is 9.80 Å². The Bertz CT molecular complexity index is 1200. The highest BCUT2D eigenvalue weighted by Crippen LogP contribution is 2.50. The molecule has 0 spiro atoms. The van der Waals surface area contributed by atoms with E-state index in [4.69, 9.17) is 24.0 Å². The van der Waals surface area contributed by atoms with Crippen molar-refractivity contribution in [1.29, 1.82) is 0 Å². The van der Waals surface area contributed by atoms with Crippen LogP contribution < -0.4 is 14.2 Å². The zero-order chi connectivity index (χ0) is 22.9. The van der Waals surface area contributed by atoms with Crippen LogP contribution >= 0.6 is 0 Å². The number of fused-ring (bicyclic) bond motifs is 3. The minimum atomic E-state index is -0.471. The van der Waals surface area contributed by atoms with Crippen LogP contribution in [-0.4, -0.2) is 38.0 Å². The molecule has 0 amide bonds. The number of carbonyl (C=O) groups excluding carboxylic acids is 1. The average molecular weight is 444 g/mol. The topological polar surface area (TPSA) is 69.6 Å². The van der Waals surface area contributed by atoms with E-state index in [-0.39, 0.29) is 12.0 Å². The first kappa shape index (κ1) is 20.9. The van der Waals surface area contributed by atoms with Crippen molar-refractivity contribution in [3.8, 4) is 17.2 Å². The van der Waals surface area contributed by atoms with Crippen molar-refractivity contribution in [3.05, 3.63) is 89.0 Å². The molecule has 2 heterocycles. The molecule has 2 atom stereocenters. The van der Waals surface area contributed by atoms with Crippen LogP contribution in [0.1, 0.15) is 45.7 Å². The first-order valence-corrected chi connectivity index (χ1v) is 10.6. The lowest BCUT2D eigenvalue weighted by atomic mass is 9.95. The van der Waals surface area contributed by atoms with Crippen molar-refractivity contribution in [3.63, 3.8) is 0 Å². The molecular formula is C26H24N2O5. The Balaban J connectivity index is 1.56. The Kier molecular flexibility index (Phi) is 5.38. The molecule has 5 rings (SSSR count). The zero-order valence-corrected chi connectivity index (χ0v) is 18.6. The van der Waals surface area contributed by atoms with E-state index >= 15 is 0 Å². The Morgan fingerprint density at radius 1 is 0.970 bits per heavy atom. The van der Waals surface area contributed by atoms with Crippen LogP contribution in [0.4, 0.5) is 0 Å². The number of esters is 1. The fourth-order valence-electron chi connectivity index (χ4n) is 4.32. The lowest BCUT2D eigenvalue weighted by Crippen LogP contribution is -2.33. The summed E-state index contributed by atoms with van der Waals surface area (Å²) < 4.78 is 22.2. The van der Waals surface area contributed by atoms with Crippen molar-refractivity contribution in [1.82, 2.24) is 5.01 Å². The van der Waals surface area contributed by atoms with Crippen molar-refractivity contribution >= 4 is 11.7 Å². The highest BCUT2D eigenvalue weighted by atomic mass is 16.5. The summed E-state index contributed by atoms with van der Waals surface area (Å²) >= 11 is 0. The number of hydrazone groups is 1. The van der Waals surface area contributed by atoms with E-state index in [1.165, 1.54) is 7.11 Å². The van der Waals surface area contributed by atoms with Crippen LogP contribution in [0.3, 0.4) is 0 Å². The molecule has 2 aliphatic heterocycles. The fraction of sp³-hybridized carbons (Fsp3) is 0.231. The van der Waals surface area contributed by atoms with Crippen LogP contribution in [0, 0.1) is 0 Å². The molecule has 0 N–H and O–H groups in total. The predicted molar refractivity (Wildman–Crippen MR) is 123 cm³/mol. The second kappa shape index (κ2) is 8.50. The van der Waals surface area contributed by atoms with E-state index in [0.29, 0.717) is 11.3 Å². The van der Waals surface area contributed by atoms with Crippen LogP contribution in [0.2, 0.25) is 0 Å². The normalized spacial score (nSPS) is 18.5. The molecule has 0 radical (unpaired) electrons. The van der Waals surface area contributed by atoms with E-state index in [9.17, 15) is 4.79 Å². The molecule has 0 fully saturated rings. The molecule has 7 heteroatoms. The largest absolute Gasteiger partial charge is 0.497 e. The third kappa shape index (κ3) is 3.65. The van der Waals surface area contributed by atoms with Gasteiger partial charge in [-0.05, 0) is 48.0 Å². The number of rotatable bonds is 5. The number of carbonyl (C=O) groups is 1. The lowest BCUT2D eigenvalue weighted by molar-refractivity contribution is -0.0209. The summed E-state index contributed by atoms with van der Waals surface area (Å²) in [7, 11) is 4.66. The molecule has 2 unspecified atom stereocenters. The Hall–Kier alpha value is -4.00. The van der Waals surface area contributed by atoms with Gasteiger partial charge < -0.3 is 18.9 Å². The van der Waals surface area contributed by atoms with E-state index in [2.05, 4.69) is 6.07 Å². The first-order valence-electron chi connectivity index (χ1n) is 10.6. The van der Waals surface area contributed by atoms with Gasteiger partial charge in [0, 0.05) is 17.5 Å². The number of methoxy groups -OCH3 is 3. The highest BCUT2D eigenvalue weighted by molar-refractivity contribution is 6.02. The minimum absolute atomic E-state index is 0.00812. The fourth-order valence-corrected chi connectivity index (χ4v) is 4.32. The molecule has 2 aliphatic rings. The predicted octanol–water partition coefficient (Wildman–Crippen LogP) is 4.73. The van der Waals surface area contributed by atoms with Gasteiger partial charge in [-0.1, -0.05) is 24.3 Å². The van der Waals surface area contributed by atoms with Gasteiger partial charge in [0.05, 0.1) is 38.6 Å². The van der Waals surface area contributed by atoms with Gasteiger partial charge in [0.25, 0.3) is 0 Å². The van der Waals surface area contributed by atoms with Gasteiger partial charge in [0.2, 0.25) is 6.23 Å². The summed E-state index contributed by atoms with van der Waals surface area (Å²) in [5.74, 6) is 1.82. The molecular weight excluding hydrogens is 420 g/mol. The summed E-state index contributed by atoms with van der Waals surface area (Å²) in [6.07, 6.45) is 0.258. The maximum absolute atomic E-state index is 11.9. The summed E-state index contributed by atoms with van der Waals surface area (Å²) in [4.78, 5) is 11.9. The second-order valence-corrected chi connectivity index (χ2v) is 7.84. The third-order valence-corrected chi connectivity index (χ3v) is 6.04. The van der Waals surface area contributed by atoms with Gasteiger partial charge in [0.15, 0.2) is 11.5 Å². The summed E-state index contributed by atoms with van der Waals surface area (Å²) in [6.45, 7) is 0. The number of benzene rings is 3. The summed E-state index contributed by atoms with van der Waals surface area (Å²) in [5, 5.41) is 6.97. The van der Waals surface area contributed by atoms with Crippen molar-refractivity contribution in [2.75, 3.05) is 21.3 Å². The SMILES string of the molecule is COC(=O)c1ccc(C2Oc3c(OC)cccc3C3CC(c4ccc(OC)cc4)=NN32)cc1. The maximum atomic E-state index is 11.9. The van der Waals surface area contributed by atoms with Crippen LogP contribution in [-0.2, 0) is 4.74 Å². The van der Waals surface area contributed by atoms with Gasteiger partial charge in [0.1, 0.15) is 5.75 Å². The average Bonchev–Trinajstić information content (AvgIpc) is 3.33. The van der Waals surface area contributed by atoms with Crippen LogP contribution in [0.15, 0.2) is 71.8 Å². The van der Waals surface area contributed by atoms with Crippen LogP contribution in [0.5, 0.6) is 17.2 Å². The molecule has 7 nitrogen and oxygen atoms in total. The Morgan fingerprint density at radius 3 is 2.39 bits per heavy atom. The number of hydrogen-bond acceptors (Lipinski definition) is 7. The quantitative estimate of drug-likeness (QED) is 0.530. The smallest absolute Gasteiger partial charge is 0.337 e. The molecule has 0 saturated carbocycles. The summed E-state index contributed by atoms with van der Waals surface area (Å²) in [5.41, 5.74) is 4.40. The molecule has 0 aliphatic carbocycles. The second-order valence-electron chi connectivity index (χ2n) is 7.84. The van der Waals surface area contributed by atoms with E-state index in [1.807, 2.05) is 53.5 Å². The van der Waals surface area contributed by atoms with E-state index < -0.39 is 6.23 Å². The van der Waals surface area contributed by atoms with Gasteiger partial charge >= 0.3 is 5.97 Å². The van der Waals surface area contributed by atoms with Crippen molar-refractivity contribution in [2.45, 2.75) is 18.7 Å². The molecule has 168 valence electrons. The number of hydrogen-bond donors (Lipinski definition) is 0. The monoisotopic (exact) mass is 444 g/mol. The standard InChI is InChI=1S/C26H24N2O5/c1-30-19-13-11-16(12-14-19)21-15-22-20-5-4-6-23(31-2)24(20)33-25(28(22)27-21)17-7-9-18(10-8-17)26(29)32-3/h4-14,22,25H,15H2,1-3H3. The summed E-state index contributed by atoms with van der Waals surface area (Å²) in [6, 6.07) is 21.0. The van der Waals surface area contributed by atoms with Crippen LogP contribution in [0.25, 0.3) is 0 Å². The van der Waals surface area contributed by atoms with Crippen molar-refractivity contribution in [2.24, 2.45) is 5.10 Å². The first-order chi connectivity index (χ1) is 16.1. The number of ether oxygens (including phenoxy) is 4. The number of para-hydroxylation sites is 1. The Labute approximate surface area is 192 Å². The van der Waals surface area contributed by atoms with Gasteiger partial charge in [-0.15, -0.1) is 0 Å². The lowest BCUT2D eigenvalue weighted by Gasteiger charge is -2.38. The zero-order valence-electron chi connectivity index (χ0n) is 18.6. The molecule has 0 aromatic heterocycles. The molecule has 0 bridgehead atoms.